The van der Waals surface area contributed by atoms with Gasteiger partial charge in [-0.1, -0.05) is 48.5 Å². The molecule has 0 radical (unpaired) electrons. The quantitative estimate of drug-likeness (QED) is 0.117. The summed E-state index contributed by atoms with van der Waals surface area (Å²) in [5.41, 5.74) is 9.19. The Morgan fingerprint density at radius 1 is 0.932 bits per heavy atom. The summed E-state index contributed by atoms with van der Waals surface area (Å²) in [6.45, 7) is 1.51. The van der Waals surface area contributed by atoms with Gasteiger partial charge in [0.1, 0.15) is 5.75 Å². The molecule has 0 saturated carbocycles. The summed E-state index contributed by atoms with van der Waals surface area (Å²) in [4.78, 5) is 39.7. The van der Waals surface area contributed by atoms with Crippen molar-refractivity contribution < 1.29 is 32.3 Å². The molecule has 0 fully saturated rings. The molecule has 3 aromatic carbocycles. The third-order valence-corrected chi connectivity index (χ3v) is 7.38. The third kappa shape index (κ3) is 9.38. The molecule has 0 aliphatic rings. The molecule has 0 saturated heterocycles. The maximum absolute atomic E-state index is 13.4. The van der Waals surface area contributed by atoms with E-state index in [2.05, 4.69) is 10.1 Å². The number of esters is 1. The molecule has 0 spiro atoms. The number of amides is 2. The van der Waals surface area contributed by atoms with E-state index >= 15 is 0 Å². The van der Waals surface area contributed by atoms with Gasteiger partial charge in [0.05, 0.1) is 0 Å². The van der Waals surface area contributed by atoms with Crippen molar-refractivity contribution in [1.82, 2.24) is 10.2 Å². The molecule has 44 heavy (non-hydrogen) atoms. The van der Waals surface area contributed by atoms with E-state index in [0.717, 1.165) is 21.6 Å². The molecule has 1 aromatic heterocycles. The van der Waals surface area contributed by atoms with Crippen LogP contribution in [0.5, 0.6) is 5.75 Å². The predicted octanol–water partition coefficient (Wildman–Crippen LogP) is 5.86. The van der Waals surface area contributed by atoms with E-state index in [1.165, 1.54) is 30.3 Å². The fourth-order valence-electron chi connectivity index (χ4n) is 4.25. The highest BCUT2D eigenvalue weighted by Gasteiger charge is 2.41. The van der Waals surface area contributed by atoms with Crippen molar-refractivity contribution in [3.8, 4) is 16.9 Å². The Hall–Kier alpha value is -4.74. The zero-order valence-corrected chi connectivity index (χ0v) is 24.4. The van der Waals surface area contributed by atoms with Crippen LogP contribution in [0.3, 0.4) is 0 Å². The van der Waals surface area contributed by atoms with Gasteiger partial charge < -0.3 is 20.7 Å². The first-order valence-electron chi connectivity index (χ1n) is 13.7. The Bertz CT molecular complexity index is 1600. The number of nitrogens with two attached hydrogens (primary N) is 1. The lowest BCUT2D eigenvalue weighted by Gasteiger charge is -2.22. The molecule has 7 nitrogen and oxygen atoms in total. The third-order valence-electron chi connectivity index (χ3n) is 6.45. The van der Waals surface area contributed by atoms with Gasteiger partial charge >= 0.3 is 12.1 Å². The number of halogens is 3. The van der Waals surface area contributed by atoms with E-state index in [4.69, 9.17) is 5.73 Å². The normalized spacial score (nSPS) is 11.4. The summed E-state index contributed by atoms with van der Waals surface area (Å²) in [6, 6.07) is 24.3. The highest BCUT2D eigenvalue weighted by atomic mass is 32.1. The molecule has 4 rings (SSSR count). The molecule has 228 valence electrons. The molecule has 0 unspecified atom stereocenters. The second kappa shape index (κ2) is 15.1. The van der Waals surface area contributed by atoms with Crippen molar-refractivity contribution in [2.24, 2.45) is 5.73 Å². The van der Waals surface area contributed by atoms with Gasteiger partial charge in [-0.05, 0) is 76.5 Å². The lowest BCUT2D eigenvalue weighted by atomic mass is 10.0. The molecular formula is C33H30F3N3O4S. The molecule has 0 atom stereocenters. The van der Waals surface area contributed by atoms with Crippen molar-refractivity contribution in [2.45, 2.75) is 19.1 Å². The maximum Gasteiger partial charge on any atom is 0.491 e. The Morgan fingerprint density at radius 3 is 2.34 bits per heavy atom. The van der Waals surface area contributed by atoms with Gasteiger partial charge in [0.25, 0.3) is 5.91 Å². The van der Waals surface area contributed by atoms with E-state index in [0.29, 0.717) is 43.7 Å². The highest BCUT2D eigenvalue weighted by Crippen LogP contribution is 2.24. The van der Waals surface area contributed by atoms with Crippen molar-refractivity contribution in [3.05, 3.63) is 118 Å². The number of ether oxygens (including phenoxy) is 1. The van der Waals surface area contributed by atoms with Crippen LogP contribution in [0.4, 0.5) is 13.2 Å². The lowest BCUT2D eigenvalue weighted by Crippen LogP contribution is -2.31. The van der Waals surface area contributed by atoms with Gasteiger partial charge in [0.15, 0.2) is 0 Å². The first kappa shape index (κ1) is 32.2. The van der Waals surface area contributed by atoms with Gasteiger partial charge in [-0.15, -0.1) is 11.3 Å². The summed E-state index contributed by atoms with van der Waals surface area (Å²) < 4.78 is 41.7. The smallest absolute Gasteiger partial charge is 0.420 e. The number of rotatable bonds is 12. The monoisotopic (exact) mass is 621 g/mol. The van der Waals surface area contributed by atoms with Crippen molar-refractivity contribution in [1.29, 1.82) is 0 Å². The molecule has 0 aliphatic heterocycles. The van der Waals surface area contributed by atoms with Crippen LogP contribution in [0.2, 0.25) is 0 Å². The maximum atomic E-state index is 13.4. The van der Waals surface area contributed by atoms with Gasteiger partial charge in [-0.25, -0.2) is 4.79 Å². The van der Waals surface area contributed by atoms with Crippen LogP contribution in [0.15, 0.2) is 96.4 Å². The highest BCUT2D eigenvalue weighted by molar-refractivity contribution is 7.09. The van der Waals surface area contributed by atoms with E-state index in [1.807, 2.05) is 60.0 Å². The fraction of sp³-hybridized carbons (Fsp3) is 0.182. The minimum atomic E-state index is -5.10. The van der Waals surface area contributed by atoms with Crippen molar-refractivity contribution in [2.75, 3.05) is 19.6 Å². The van der Waals surface area contributed by atoms with Crippen LogP contribution in [-0.2, 0) is 22.6 Å². The van der Waals surface area contributed by atoms with Crippen molar-refractivity contribution >= 4 is 35.2 Å². The number of nitrogens with one attached hydrogen (secondary N) is 1. The number of hydrogen-bond donors (Lipinski definition) is 2. The second-order valence-corrected chi connectivity index (χ2v) is 10.7. The number of carbonyl (C=O) groups excluding carboxylic acids is 3. The first-order valence-corrected chi connectivity index (χ1v) is 14.6. The molecule has 1 heterocycles. The summed E-state index contributed by atoms with van der Waals surface area (Å²) in [5, 5.41) is 4.74. The van der Waals surface area contributed by atoms with Crippen LogP contribution in [-0.4, -0.2) is 48.5 Å². The van der Waals surface area contributed by atoms with Crippen molar-refractivity contribution in [3.63, 3.8) is 0 Å². The Kier molecular flexibility index (Phi) is 11.1. The van der Waals surface area contributed by atoms with Gasteiger partial charge in [-0.2, -0.15) is 13.2 Å². The van der Waals surface area contributed by atoms with Gasteiger partial charge in [0, 0.05) is 42.7 Å². The van der Waals surface area contributed by atoms with E-state index in [9.17, 15) is 27.6 Å². The Morgan fingerprint density at radius 2 is 1.66 bits per heavy atom. The number of carbonyl (C=O) groups is 3. The standard InChI is InChI=1S/C33H30F3N3O4S/c34-33(35,36)32(42)43-28-12-9-23(10-13-28)11-14-30(40)39(18-15-29-8-3-19-44-29)22-24-4-1-5-25(20-24)26-6-2-7-27(21-26)31(41)38-17-16-37/h1-14,19-21H,15-18,22,37H2,(H,38,41). The number of hydrogen-bond acceptors (Lipinski definition) is 6. The van der Waals surface area contributed by atoms with E-state index in [1.54, 1.807) is 28.4 Å². The summed E-state index contributed by atoms with van der Waals surface area (Å²) in [7, 11) is 0. The summed E-state index contributed by atoms with van der Waals surface area (Å²) >= 11 is 1.61. The predicted molar refractivity (Wildman–Crippen MR) is 164 cm³/mol. The van der Waals surface area contributed by atoms with E-state index < -0.39 is 12.1 Å². The van der Waals surface area contributed by atoms with Crippen LogP contribution < -0.4 is 15.8 Å². The molecular weight excluding hydrogens is 591 g/mol. The van der Waals surface area contributed by atoms with Crippen LogP contribution >= 0.6 is 11.3 Å². The van der Waals surface area contributed by atoms with Crippen LogP contribution in [0, 0.1) is 0 Å². The number of thiophene rings is 1. The SMILES string of the molecule is NCCNC(=O)c1cccc(-c2cccc(CN(CCc3cccs3)C(=O)C=Cc3ccc(OC(=O)C(F)(F)F)cc3)c2)c1. The average Bonchev–Trinajstić information content (AvgIpc) is 3.55. The fourth-order valence-corrected chi connectivity index (χ4v) is 4.95. The first-order chi connectivity index (χ1) is 21.1. The summed E-state index contributed by atoms with van der Waals surface area (Å²) in [6.07, 6.45) is -1.48. The minimum absolute atomic E-state index is 0.206. The van der Waals surface area contributed by atoms with Gasteiger partial charge in [-0.3, -0.25) is 9.59 Å². The topological polar surface area (TPSA) is 102 Å². The van der Waals surface area contributed by atoms with Crippen LogP contribution in [0.1, 0.15) is 26.4 Å². The Balaban J connectivity index is 1.49. The molecule has 3 N–H and O–H groups in total. The Labute approximate surface area is 256 Å². The number of alkyl halides is 3. The van der Waals surface area contributed by atoms with E-state index in [-0.39, 0.29) is 17.6 Å². The molecule has 0 aliphatic carbocycles. The molecule has 2 amide bonds. The molecule has 0 bridgehead atoms. The van der Waals surface area contributed by atoms with Gasteiger partial charge in [0.2, 0.25) is 5.91 Å². The number of benzene rings is 3. The largest absolute Gasteiger partial charge is 0.491 e. The minimum Gasteiger partial charge on any atom is -0.420 e. The second-order valence-electron chi connectivity index (χ2n) is 9.70. The average molecular weight is 622 g/mol. The van der Waals surface area contributed by atoms with Crippen LogP contribution in [0.25, 0.3) is 17.2 Å². The zero-order valence-electron chi connectivity index (χ0n) is 23.6. The zero-order chi connectivity index (χ0) is 31.5. The number of nitrogens with zero attached hydrogens (tertiary/aromatic N) is 1. The molecule has 4 aromatic rings. The molecule has 11 heteroatoms. The lowest BCUT2D eigenvalue weighted by molar-refractivity contribution is -0.189. The summed E-state index contributed by atoms with van der Waals surface area (Å²) in [5.74, 6) is -3.02.